The molecule has 3 heterocycles. The first-order valence-electron chi connectivity index (χ1n) is 8.65. The lowest BCUT2D eigenvalue weighted by Crippen LogP contribution is -2.34. The number of hydrogen-bond donors (Lipinski definition) is 1. The van der Waals surface area contributed by atoms with Crippen LogP contribution < -0.4 is 0 Å². The van der Waals surface area contributed by atoms with Gasteiger partial charge in [0.05, 0.1) is 6.20 Å². The quantitative estimate of drug-likeness (QED) is 0.797. The third-order valence-electron chi connectivity index (χ3n) is 5.18. The van der Waals surface area contributed by atoms with E-state index in [1.54, 1.807) is 6.07 Å². The Morgan fingerprint density at radius 1 is 1.29 bits per heavy atom. The third kappa shape index (κ3) is 3.08. The largest absolute Gasteiger partial charge is 0.361 e. The number of aromatic amines is 1. The molecule has 2 aromatic heterocycles. The molecule has 5 heteroatoms. The lowest BCUT2D eigenvalue weighted by molar-refractivity contribution is 0.215. The normalized spacial score (nSPS) is 16.9. The van der Waals surface area contributed by atoms with E-state index in [1.165, 1.54) is 17.2 Å². The zero-order chi connectivity index (χ0) is 16.5. The highest BCUT2D eigenvalue weighted by Crippen LogP contribution is 2.33. The summed E-state index contributed by atoms with van der Waals surface area (Å²) in [5, 5.41) is 5.27. The van der Waals surface area contributed by atoms with Crippen molar-refractivity contribution in [1.82, 2.24) is 19.7 Å². The van der Waals surface area contributed by atoms with E-state index in [-0.39, 0.29) is 5.82 Å². The molecular formula is C19H23FN4. The highest BCUT2D eigenvalue weighted by molar-refractivity contribution is 5.83. The number of halogens is 1. The summed E-state index contributed by atoms with van der Waals surface area (Å²) < 4.78 is 15.4. The van der Waals surface area contributed by atoms with Crippen molar-refractivity contribution in [3.05, 3.63) is 53.7 Å². The van der Waals surface area contributed by atoms with E-state index in [0.29, 0.717) is 5.92 Å². The summed E-state index contributed by atoms with van der Waals surface area (Å²) in [6.07, 6.45) is 9.43. The molecule has 0 aliphatic carbocycles. The van der Waals surface area contributed by atoms with Crippen LogP contribution in [0.4, 0.5) is 4.39 Å². The van der Waals surface area contributed by atoms with Crippen LogP contribution in [0, 0.1) is 5.82 Å². The number of piperidine rings is 1. The van der Waals surface area contributed by atoms with Gasteiger partial charge in [-0.15, -0.1) is 0 Å². The molecule has 1 aliphatic rings. The molecule has 4 rings (SSSR count). The molecule has 1 aromatic carbocycles. The van der Waals surface area contributed by atoms with E-state index in [0.717, 1.165) is 49.8 Å². The summed E-state index contributed by atoms with van der Waals surface area (Å²) in [5.41, 5.74) is 3.61. The van der Waals surface area contributed by atoms with Crippen molar-refractivity contribution in [2.75, 3.05) is 19.6 Å². The molecule has 1 aliphatic heterocycles. The Hall–Kier alpha value is -2.14. The number of fused-ring (bicyclic) bond motifs is 1. The molecule has 0 spiro atoms. The number of H-pyrrole nitrogens is 1. The van der Waals surface area contributed by atoms with Gasteiger partial charge in [-0.1, -0.05) is 0 Å². The third-order valence-corrected chi connectivity index (χ3v) is 5.18. The zero-order valence-electron chi connectivity index (χ0n) is 14.0. The second-order valence-corrected chi connectivity index (χ2v) is 6.82. The Labute approximate surface area is 141 Å². The first-order chi connectivity index (χ1) is 11.7. The Bertz CT molecular complexity index is 827. The van der Waals surface area contributed by atoms with Crippen molar-refractivity contribution in [1.29, 1.82) is 0 Å². The number of aryl methyl sites for hydroxylation is 1. The highest BCUT2D eigenvalue weighted by Gasteiger charge is 2.22. The summed E-state index contributed by atoms with van der Waals surface area (Å²) in [7, 11) is 1.96. The molecule has 1 saturated heterocycles. The van der Waals surface area contributed by atoms with Crippen LogP contribution in [0.2, 0.25) is 0 Å². The fraction of sp³-hybridized carbons (Fsp3) is 0.421. The van der Waals surface area contributed by atoms with Gasteiger partial charge in [0.15, 0.2) is 0 Å². The van der Waals surface area contributed by atoms with Gasteiger partial charge in [0, 0.05) is 36.9 Å². The van der Waals surface area contributed by atoms with Crippen molar-refractivity contribution >= 4 is 10.9 Å². The van der Waals surface area contributed by atoms with E-state index in [1.807, 2.05) is 24.0 Å². The maximum Gasteiger partial charge on any atom is 0.123 e. The summed E-state index contributed by atoms with van der Waals surface area (Å²) in [6.45, 7) is 3.29. The lowest BCUT2D eigenvalue weighted by Gasteiger charge is -2.31. The van der Waals surface area contributed by atoms with Crippen LogP contribution in [-0.4, -0.2) is 39.3 Å². The minimum Gasteiger partial charge on any atom is -0.361 e. The molecule has 0 atom stereocenters. The standard InChI is InChI=1S/C19H23FN4/c1-23-13-14(11-22-23)4-7-24-8-5-15(6-9-24)18-12-21-19-3-2-16(20)10-17(18)19/h2-3,10-13,15,21H,4-9H2,1H3. The molecule has 0 amide bonds. The van der Waals surface area contributed by atoms with Crippen LogP contribution in [-0.2, 0) is 13.5 Å². The second kappa shape index (κ2) is 6.40. The average molecular weight is 326 g/mol. The van der Waals surface area contributed by atoms with E-state index < -0.39 is 0 Å². The van der Waals surface area contributed by atoms with Gasteiger partial charge in [0.1, 0.15) is 5.82 Å². The van der Waals surface area contributed by atoms with Gasteiger partial charge >= 0.3 is 0 Å². The summed E-state index contributed by atoms with van der Waals surface area (Å²) in [6, 6.07) is 5.01. The smallest absolute Gasteiger partial charge is 0.123 e. The van der Waals surface area contributed by atoms with Gasteiger partial charge in [0.25, 0.3) is 0 Å². The molecule has 0 bridgehead atoms. The van der Waals surface area contributed by atoms with Crippen LogP contribution in [0.15, 0.2) is 36.8 Å². The van der Waals surface area contributed by atoms with Crippen LogP contribution in [0.1, 0.15) is 29.9 Å². The number of hydrogen-bond acceptors (Lipinski definition) is 2. The van der Waals surface area contributed by atoms with Crippen LogP contribution in [0.3, 0.4) is 0 Å². The second-order valence-electron chi connectivity index (χ2n) is 6.82. The van der Waals surface area contributed by atoms with E-state index in [2.05, 4.69) is 27.4 Å². The van der Waals surface area contributed by atoms with Crippen LogP contribution in [0.25, 0.3) is 10.9 Å². The topological polar surface area (TPSA) is 36.9 Å². The molecule has 3 aromatic rings. The zero-order valence-corrected chi connectivity index (χ0v) is 14.0. The van der Waals surface area contributed by atoms with Crippen molar-refractivity contribution in [2.45, 2.75) is 25.2 Å². The molecule has 4 nitrogen and oxygen atoms in total. The SMILES string of the molecule is Cn1cc(CCN2CCC(c3c[nH]c4ccc(F)cc34)CC2)cn1. The van der Waals surface area contributed by atoms with Crippen LogP contribution in [0.5, 0.6) is 0 Å². The summed E-state index contributed by atoms with van der Waals surface area (Å²) in [5.74, 6) is 0.368. The van der Waals surface area contributed by atoms with E-state index in [4.69, 9.17) is 0 Å². The molecule has 1 N–H and O–H groups in total. The Balaban J connectivity index is 1.37. The Kier molecular flexibility index (Phi) is 4.10. The van der Waals surface area contributed by atoms with Gasteiger partial charge in [-0.2, -0.15) is 5.10 Å². The summed E-state index contributed by atoms with van der Waals surface area (Å²) >= 11 is 0. The van der Waals surface area contributed by atoms with Gasteiger partial charge in [0.2, 0.25) is 0 Å². The number of nitrogens with zero attached hydrogens (tertiary/aromatic N) is 3. The first-order valence-corrected chi connectivity index (χ1v) is 8.65. The molecular weight excluding hydrogens is 303 g/mol. The monoisotopic (exact) mass is 326 g/mol. The fourth-order valence-corrected chi connectivity index (χ4v) is 3.81. The van der Waals surface area contributed by atoms with Gasteiger partial charge in [-0.3, -0.25) is 4.68 Å². The van der Waals surface area contributed by atoms with Crippen molar-refractivity contribution in [2.24, 2.45) is 7.05 Å². The average Bonchev–Trinajstić information content (AvgIpc) is 3.19. The van der Waals surface area contributed by atoms with Gasteiger partial charge < -0.3 is 9.88 Å². The number of nitrogens with one attached hydrogen (secondary N) is 1. The van der Waals surface area contributed by atoms with Crippen molar-refractivity contribution in [3.63, 3.8) is 0 Å². The maximum atomic E-state index is 13.6. The first kappa shape index (κ1) is 15.4. The maximum absolute atomic E-state index is 13.6. The molecule has 0 radical (unpaired) electrons. The molecule has 24 heavy (non-hydrogen) atoms. The molecule has 0 unspecified atom stereocenters. The molecule has 126 valence electrons. The van der Waals surface area contributed by atoms with Crippen molar-refractivity contribution < 1.29 is 4.39 Å². The molecule has 1 fully saturated rings. The fourth-order valence-electron chi connectivity index (χ4n) is 3.81. The Morgan fingerprint density at radius 2 is 2.12 bits per heavy atom. The van der Waals surface area contributed by atoms with Crippen LogP contribution >= 0.6 is 0 Å². The lowest BCUT2D eigenvalue weighted by atomic mass is 9.89. The minimum atomic E-state index is -0.155. The number of benzene rings is 1. The Morgan fingerprint density at radius 3 is 2.88 bits per heavy atom. The number of aromatic nitrogens is 3. The number of likely N-dealkylation sites (tertiary alicyclic amines) is 1. The van der Waals surface area contributed by atoms with E-state index >= 15 is 0 Å². The number of rotatable bonds is 4. The van der Waals surface area contributed by atoms with Gasteiger partial charge in [-0.05, 0) is 67.6 Å². The predicted octanol–water partition coefficient (Wildman–Crippen LogP) is 3.46. The highest BCUT2D eigenvalue weighted by atomic mass is 19.1. The molecule has 0 saturated carbocycles. The minimum absolute atomic E-state index is 0.155. The van der Waals surface area contributed by atoms with Crippen molar-refractivity contribution in [3.8, 4) is 0 Å². The predicted molar refractivity (Wildman–Crippen MR) is 93.6 cm³/mol. The van der Waals surface area contributed by atoms with E-state index in [9.17, 15) is 4.39 Å². The van der Waals surface area contributed by atoms with Gasteiger partial charge in [-0.25, -0.2) is 4.39 Å². The summed E-state index contributed by atoms with van der Waals surface area (Å²) in [4.78, 5) is 5.81.